The normalized spacial score (nSPS) is 13.7. The maximum absolute atomic E-state index is 12.5. The van der Waals surface area contributed by atoms with Gasteiger partial charge in [-0.15, -0.1) is 0 Å². The molecule has 38 heavy (non-hydrogen) atoms. The molecule has 2 amide bonds. The highest BCUT2D eigenvalue weighted by Crippen LogP contribution is 2.32. The van der Waals surface area contributed by atoms with Crippen molar-refractivity contribution in [2.75, 3.05) is 36.4 Å². The third-order valence-corrected chi connectivity index (χ3v) is 6.79. The van der Waals surface area contributed by atoms with E-state index in [1.165, 1.54) is 6.08 Å². The average Bonchev–Trinajstić information content (AvgIpc) is 3.36. The highest BCUT2D eigenvalue weighted by atomic mass is 35.5. The first kappa shape index (κ1) is 27.7. The molecule has 0 saturated carbocycles. The predicted molar refractivity (Wildman–Crippen MR) is 158 cm³/mol. The molecule has 1 saturated heterocycles. The zero-order valence-electron chi connectivity index (χ0n) is 21.0. The molecule has 7 nitrogen and oxygen atoms in total. The molecule has 0 radical (unpaired) electrons. The molecule has 0 atom stereocenters. The minimum Gasteiger partial charge on any atom is -0.457 e. The summed E-state index contributed by atoms with van der Waals surface area (Å²) < 4.78 is 5.79. The smallest absolute Gasteiger partial charge is 0.250 e. The first-order chi connectivity index (χ1) is 18.2. The molecule has 0 bridgehead atoms. The van der Waals surface area contributed by atoms with Gasteiger partial charge in [0, 0.05) is 48.8 Å². The molecule has 0 aliphatic carbocycles. The molecule has 10 heteroatoms. The highest BCUT2D eigenvalue weighted by molar-refractivity contribution is 7.80. The fourth-order valence-electron chi connectivity index (χ4n) is 4.13. The molecule has 0 unspecified atom stereocenters. The van der Waals surface area contributed by atoms with Gasteiger partial charge in [-0.3, -0.25) is 14.9 Å². The quantitative estimate of drug-likeness (QED) is 0.276. The predicted octanol–water partition coefficient (Wildman–Crippen LogP) is 6.08. The maximum Gasteiger partial charge on any atom is 0.250 e. The van der Waals surface area contributed by atoms with Gasteiger partial charge in [0.15, 0.2) is 5.11 Å². The van der Waals surface area contributed by atoms with Crippen LogP contribution in [0.3, 0.4) is 0 Å². The largest absolute Gasteiger partial charge is 0.457 e. The van der Waals surface area contributed by atoms with Gasteiger partial charge < -0.3 is 19.5 Å². The van der Waals surface area contributed by atoms with Gasteiger partial charge >= 0.3 is 0 Å². The fourth-order valence-corrected chi connectivity index (χ4v) is 4.84. The highest BCUT2D eigenvalue weighted by Gasteiger charge is 2.24. The second kappa shape index (κ2) is 12.5. The van der Waals surface area contributed by atoms with Crippen LogP contribution in [0.15, 0.2) is 65.1 Å². The molecule has 198 valence electrons. The molecular weight excluding hydrogens is 543 g/mol. The molecule has 1 aliphatic heterocycles. The van der Waals surface area contributed by atoms with Crippen LogP contribution in [-0.2, 0) is 9.59 Å². The Morgan fingerprint density at radius 2 is 1.76 bits per heavy atom. The van der Waals surface area contributed by atoms with Gasteiger partial charge in [-0.05, 0) is 60.8 Å². The molecule has 1 fully saturated rings. The molecule has 4 rings (SSSR count). The lowest BCUT2D eigenvalue weighted by Gasteiger charge is -2.37. The van der Waals surface area contributed by atoms with Crippen molar-refractivity contribution in [3.63, 3.8) is 0 Å². The van der Waals surface area contributed by atoms with Crippen LogP contribution >= 0.6 is 35.4 Å². The SMILES string of the molecule is CC(C)C(=O)N1CCN(c2ccccc2NC(=S)NC(=O)/C=C/c2ccc(-c3ccc(Cl)cc3Cl)o2)CC1. The van der Waals surface area contributed by atoms with E-state index in [1.807, 2.05) is 43.0 Å². The zero-order valence-corrected chi connectivity index (χ0v) is 23.4. The third kappa shape index (κ3) is 6.95. The lowest BCUT2D eigenvalue weighted by molar-refractivity contribution is -0.134. The van der Waals surface area contributed by atoms with Crippen LogP contribution in [0.1, 0.15) is 19.6 Å². The number of nitrogens with one attached hydrogen (secondary N) is 2. The number of carbonyl (C=O) groups is 2. The summed E-state index contributed by atoms with van der Waals surface area (Å²) >= 11 is 17.6. The second-order valence-corrected chi connectivity index (χ2v) is 10.3. The number of anilines is 2. The van der Waals surface area contributed by atoms with Gasteiger partial charge in [0.05, 0.1) is 16.4 Å². The molecule has 0 spiro atoms. The number of nitrogens with zero attached hydrogens (tertiary/aromatic N) is 2. The van der Waals surface area contributed by atoms with Crippen LogP contribution < -0.4 is 15.5 Å². The van der Waals surface area contributed by atoms with Crippen molar-refractivity contribution in [3.05, 3.63) is 76.5 Å². The van der Waals surface area contributed by atoms with E-state index in [4.69, 9.17) is 39.8 Å². The maximum atomic E-state index is 12.5. The van der Waals surface area contributed by atoms with Crippen molar-refractivity contribution >= 4 is 69.8 Å². The lowest BCUT2D eigenvalue weighted by atomic mass is 10.1. The van der Waals surface area contributed by atoms with E-state index in [-0.39, 0.29) is 16.9 Å². The number of thiocarbonyl (C=S) groups is 1. The van der Waals surface area contributed by atoms with Crippen LogP contribution in [0.4, 0.5) is 11.4 Å². The number of hydrogen-bond donors (Lipinski definition) is 2. The number of carbonyl (C=O) groups excluding carboxylic acids is 2. The first-order valence-corrected chi connectivity index (χ1v) is 13.4. The summed E-state index contributed by atoms with van der Waals surface area (Å²) in [4.78, 5) is 28.9. The molecule has 2 aromatic carbocycles. The number of piperazine rings is 1. The monoisotopic (exact) mass is 570 g/mol. The number of rotatable bonds is 6. The molecule has 2 N–H and O–H groups in total. The Labute approximate surface area is 237 Å². The molecule has 3 aromatic rings. The third-order valence-electron chi connectivity index (χ3n) is 6.04. The minimum atomic E-state index is -0.400. The fraction of sp³-hybridized carbons (Fsp3) is 0.250. The van der Waals surface area contributed by atoms with Gasteiger partial charge in [-0.2, -0.15) is 0 Å². The van der Waals surface area contributed by atoms with Crippen LogP contribution in [0.5, 0.6) is 0 Å². The summed E-state index contributed by atoms with van der Waals surface area (Å²) in [7, 11) is 0. The van der Waals surface area contributed by atoms with E-state index in [0.29, 0.717) is 53.3 Å². The van der Waals surface area contributed by atoms with Crippen LogP contribution in [0.25, 0.3) is 17.4 Å². The van der Waals surface area contributed by atoms with Crippen molar-refractivity contribution in [1.29, 1.82) is 0 Å². The Kier molecular flexibility index (Phi) is 9.09. The first-order valence-electron chi connectivity index (χ1n) is 12.2. The summed E-state index contributed by atoms with van der Waals surface area (Å²) in [5.41, 5.74) is 2.44. The summed E-state index contributed by atoms with van der Waals surface area (Å²) in [6, 6.07) is 16.4. The second-order valence-electron chi connectivity index (χ2n) is 9.09. The van der Waals surface area contributed by atoms with E-state index in [0.717, 1.165) is 11.4 Å². The Balaban J connectivity index is 1.33. The Hall–Kier alpha value is -3.33. The number of benzene rings is 2. The Bertz CT molecular complexity index is 1360. The minimum absolute atomic E-state index is 0.0117. The lowest BCUT2D eigenvalue weighted by Crippen LogP contribution is -2.50. The van der Waals surface area contributed by atoms with Gasteiger partial charge in [0.1, 0.15) is 11.5 Å². The summed E-state index contributed by atoms with van der Waals surface area (Å²) in [6.45, 7) is 6.59. The van der Waals surface area contributed by atoms with Gasteiger partial charge in [-0.1, -0.05) is 49.2 Å². The van der Waals surface area contributed by atoms with Crippen molar-refractivity contribution in [3.8, 4) is 11.3 Å². The van der Waals surface area contributed by atoms with E-state index in [2.05, 4.69) is 15.5 Å². The summed E-state index contributed by atoms with van der Waals surface area (Å²) in [5.74, 6) is 0.813. The number of amides is 2. The van der Waals surface area contributed by atoms with E-state index < -0.39 is 5.91 Å². The van der Waals surface area contributed by atoms with Crippen molar-refractivity contribution in [2.24, 2.45) is 5.92 Å². The molecular formula is C28H28Cl2N4O3S. The van der Waals surface area contributed by atoms with Gasteiger partial charge in [-0.25, -0.2) is 0 Å². The van der Waals surface area contributed by atoms with E-state index >= 15 is 0 Å². The summed E-state index contributed by atoms with van der Waals surface area (Å²) in [6.07, 6.45) is 2.90. The van der Waals surface area contributed by atoms with Crippen LogP contribution in [0.2, 0.25) is 10.0 Å². The van der Waals surface area contributed by atoms with E-state index in [1.54, 1.807) is 36.4 Å². The molecule has 2 heterocycles. The molecule has 1 aliphatic rings. The van der Waals surface area contributed by atoms with Crippen LogP contribution in [0, 0.1) is 5.92 Å². The Morgan fingerprint density at radius 3 is 2.47 bits per heavy atom. The summed E-state index contributed by atoms with van der Waals surface area (Å²) in [5, 5.41) is 6.97. The number of halogens is 2. The van der Waals surface area contributed by atoms with Crippen molar-refractivity contribution in [2.45, 2.75) is 13.8 Å². The standard InChI is InChI=1S/C28H28Cl2N4O3S/c1-18(2)27(36)34-15-13-33(14-16-34)24-6-4-3-5-23(24)31-28(38)32-26(35)12-9-20-8-11-25(37-20)21-10-7-19(29)17-22(21)30/h3-12,17-18H,13-16H2,1-2H3,(H2,31,32,35,38)/b12-9+. The van der Waals surface area contributed by atoms with Crippen LogP contribution in [-0.4, -0.2) is 48.0 Å². The van der Waals surface area contributed by atoms with Gasteiger partial charge in [0.25, 0.3) is 0 Å². The average molecular weight is 572 g/mol. The van der Waals surface area contributed by atoms with Crippen molar-refractivity contribution < 1.29 is 14.0 Å². The van der Waals surface area contributed by atoms with Gasteiger partial charge in [0.2, 0.25) is 11.8 Å². The van der Waals surface area contributed by atoms with E-state index in [9.17, 15) is 9.59 Å². The number of hydrogen-bond acceptors (Lipinski definition) is 5. The number of para-hydroxylation sites is 2. The Morgan fingerprint density at radius 1 is 1.03 bits per heavy atom. The number of furan rings is 1. The zero-order chi connectivity index (χ0) is 27.2. The topological polar surface area (TPSA) is 77.8 Å². The van der Waals surface area contributed by atoms with Crippen molar-refractivity contribution in [1.82, 2.24) is 10.2 Å². The molecule has 1 aromatic heterocycles.